The third-order valence-electron chi connectivity index (χ3n) is 3.29. The fourth-order valence-electron chi connectivity index (χ4n) is 2.33. The van der Waals surface area contributed by atoms with Gasteiger partial charge < -0.3 is 15.2 Å². The number of nitrogens with one attached hydrogen (secondary N) is 1. The van der Waals surface area contributed by atoms with Crippen LogP contribution in [0.3, 0.4) is 0 Å². The van der Waals surface area contributed by atoms with E-state index < -0.39 is 5.97 Å². The van der Waals surface area contributed by atoms with Crippen molar-refractivity contribution >= 4 is 23.3 Å². The Hall–Kier alpha value is -1.26. The van der Waals surface area contributed by atoms with Crippen molar-refractivity contribution in [3.63, 3.8) is 0 Å². The topological polar surface area (TPSA) is 58.6 Å². The molecule has 98 valence electrons. The number of ether oxygens (including phenoxy) is 1. The molecule has 1 aliphatic carbocycles. The summed E-state index contributed by atoms with van der Waals surface area (Å²) in [6.45, 7) is 0. The first-order chi connectivity index (χ1) is 8.60. The first-order valence-corrected chi connectivity index (χ1v) is 6.30. The number of benzene rings is 1. The minimum absolute atomic E-state index is 0.242. The van der Waals surface area contributed by atoms with Crippen LogP contribution in [-0.4, -0.2) is 30.3 Å². The molecule has 0 aromatic heterocycles. The molecule has 1 aromatic rings. The highest BCUT2D eigenvalue weighted by molar-refractivity contribution is 6.31. The van der Waals surface area contributed by atoms with Crippen LogP contribution >= 0.6 is 11.6 Å². The molecule has 5 heteroatoms. The Morgan fingerprint density at radius 3 is 2.89 bits per heavy atom. The Bertz CT molecular complexity index is 450. The summed E-state index contributed by atoms with van der Waals surface area (Å²) >= 11 is 5.91. The Morgan fingerprint density at radius 1 is 1.50 bits per heavy atom. The summed E-state index contributed by atoms with van der Waals surface area (Å²) in [5.74, 6) is -0.949. The van der Waals surface area contributed by atoms with Gasteiger partial charge >= 0.3 is 5.97 Å². The van der Waals surface area contributed by atoms with E-state index in [1.165, 1.54) is 6.07 Å². The predicted molar refractivity (Wildman–Crippen MR) is 70.5 cm³/mol. The molecule has 2 rings (SSSR count). The molecule has 1 saturated carbocycles. The fourth-order valence-corrected chi connectivity index (χ4v) is 2.50. The van der Waals surface area contributed by atoms with Gasteiger partial charge in [-0.15, -0.1) is 0 Å². The van der Waals surface area contributed by atoms with E-state index in [0.717, 1.165) is 19.3 Å². The molecule has 0 bridgehead atoms. The fraction of sp³-hybridized carbons (Fsp3) is 0.462. The Kier molecular flexibility index (Phi) is 4.09. The number of rotatable bonds is 4. The summed E-state index contributed by atoms with van der Waals surface area (Å²) in [5, 5.41) is 12.9. The minimum atomic E-state index is -0.949. The lowest BCUT2D eigenvalue weighted by molar-refractivity contribution is 0.0698. The zero-order valence-electron chi connectivity index (χ0n) is 10.1. The van der Waals surface area contributed by atoms with Gasteiger partial charge in [-0.1, -0.05) is 11.6 Å². The highest BCUT2D eigenvalue weighted by Crippen LogP contribution is 2.28. The standard InChI is InChI=1S/C13H16ClNO3/c1-18-10-4-3-9(7-10)15-12-6-8(14)2-5-11(12)13(16)17/h2,5-6,9-10,15H,3-4,7H2,1H3,(H,16,17). The maximum atomic E-state index is 11.1. The van der Waals surface area contributed by atoms with Gasteiger partial charge in [0.1, 0.15) is 0 Å². The average molecular weight is 270 g/mol. The van der Waals surface area contributed by atoms with Crippen molar-refractivity contribution < 1.29 is 14.6 Å². The number of aromatic carboxylic acids is 1. The number of halogens is 1. The quantitative estimate of drug-likeness (QED) is 0.882. The summed E-state index contributed by atoms with van der Waals surface area (Å²) < 4.78 is 5.30. The van der Waals surface area contributed by atoms with Gasteiger partial charge in [0, 0.05) is 18.2 Å². The van der Waals surface area contributed by atoms with Gasteiger partial charge in [-0.2, -0.15) is 0 Å². The van der Waals surface area contributed by atoms with Crippen molar-refractivity contribution in [2.75, 3.05) is 12.4 Å². The van der Waals surface area contributed by atoms with Gasteiger partial charge in [0.05, 0.1) is 17.4 Å². The van der Waals surface area contributed by atoms with E-state index in [4.69, 9.17) is 21.4 Å². The number of carboxylic acids is 1. The van der Waals surface area contributed by atoms with E-state index in [1.54, 1.807) is 19.2 Å². The lowest BCUT2D eigenvalue weighted by Gasteiger charge is -2.16. The highest BCUT2D eigenvalue weighted by atomic mass is 35.5. The monoisotopic (exact) mass is 269 g/mol. The zero-order chi connectivity index (χ0) is 13.1. The van der Waals surface area contributed by atoms with Crippen LogP contribution in [0.25, 0.3) is 0 Å². The molecule has 1 aliphatic rings. The molecule has 4 nitrogen and oxygen atoms in total. The minimum Gasteiger partial charge on any atom is -0.478 e. The lowest BCUT2D eigenvalue weighted by atomic mass is 10.1. The molecule has 0 heterocycles. The summed E-state index contributed by atoms with van der Waals surface area (Å²) in [5.41, 5.74) is 0.831. The van der Waals surface area contributed by atoms with Crippen LogP contribution < -0.4 is 5.32 Å². The van der Waals surface area contributed by atoms with E-state index in [0.29, 0.717) is 10.7 Å². The molecule has 1 fully saturated rings. The maximum absolute atomic E-state index is 11.1. The SMILES string of the molecule is COC1CCC(Nc2cc(Cl)ccc2C(=O)O)C1. The van der Waals surface area contributed by atoms with Crippen LogP contribution in [0.5, 0.6) is 0 Å². The molecule has 0 aliphatic heterocycles. The van der Waals surface area contributed by atoms with Gasteiger partial charge in [-0.25, -0.2) is 4.79 Å². The third kappa shape index (κ3) is 2.94. The van der Waals surface area contributed by atoms with E-state index >= 15 is 0 Å². The molecule has 0 saturated heterocycles. The normalized spacial score (nSPS) is 23.0. The molecule has 2 N–H and O–H groups in total. The van der Waals surface area contributed by atoms with Crippen LogP contribution in [0, 0.1) is 0 Å². The van der Waals surface area contributed by atoms with Gasteiger partial charge in [-0.05, 0) is 37.5 Å². The van der Waals surface area contributed by atoms with Crippen LogP contribution in [0.1, 0.15) is 29.6 Å². The molecular formula is C13H16ClNO3. The van der Waals surface area contributed by atoms with Gasteiger partial charge in [0.15, 0.2) is 0 Å². The molecular weight excluding hydrogens is 254 g/mol. The van der Waals surface area contributed by atoms with Gasteiger partial charge in [-0.3, -0.25) is 0 Å². The smallest absolute Gasteiger partial charge is 0.337 e. The zero-order valence-corrected chi connectivity index (χ0v) is 10.9. The summed E-state index contributed by atoms with van der Waals surface area (Å²) in [6, 6.07) is 5.01. The summed E-state index contributed by atoms with van der Waals surface area (Å²) in [7, 11) is 1.70. The van der Waals surface area contributed by atoms with Crippen molar-refractivity contribution in [3.05, 3.63) is 28.8 Å². The van der Waals surface area contributed by atoms with Gasteiger partial charge in [0.2, 0.25) is 0 Å². The predicted octanol–water partition coefficient (Wildman–Crippen LogP) is 3.02. The number of anilines is 1. The van der Waals surface area contributed by atoms with Crippen LogP contribution in [-0.2, 0) is 4.74 Å². The second-order valence-electron chi connectivity index (χ2n) is 4.51. The second-order valence-corrected chi connectivity index (χ2v) is 4.94. The van der Waals surface area contributed by atoms with E-state index in [2.05, 4.69) is 5.32 Å². The average Bonchev–Trinajstić information content (AvgIpc) is 2.76. The van der Waals surface area contributed by atoms with Crippen molar-refractivity contribution in [2.24, 2.45) is 0 Å². The van der Waals surface area contributed by atoms with Crippen LogP contribution in [0.4, 0.5) is 5.69 Å². The van der Waals surface area contributed by atoms with Crippen molar-refractivity contribution in [2.45, 2.75) is 31.4 Å². The number of hydrogen-bond acceptors (Lipinski definition) is 3. The molecule has 1 aromatic carbocycles. The molecule has 0 amide bonds. The Morgan fingerprint density at radius 2 is 2.28 bits per heavy atom. The van der Waals surface area contributed by atoms with E-state index in [9.17, 15) is 4.79 Å². The van der Waals surface area contributed by atoms with Crippen LogP contribution in [0.2, 0.25) is 5.02 Å². The molecule has 18 heavy (non-hydrogen) atoms. The first-order valence-electron chi connectivity index (χ1n) is 5.92. The van der Waals surface area contributed by atoms with Crippen molar-refractivity contribution in [3.8, 4) is 0 Å². The summed E-state index contributed by atoms with van der Waals surface area (Å²) in [4.78, 5) is 11.1. The number of methoxy groups -OCH3 is 1. The Labute approximate surface area is 111 Å². The molecule has 2 atom stereocenters. The third-order valence-corrected chi connectivity index (χ3v) is 3.52. The van der Waals surface area contributed by atoms with Crippen molar-refractivity contribution in [1.29, 1.82) is 0 Å². The number of carbonyl (C=O) groups is 1. The molecule has 0 radical (unpaired) electrons. The largest absolute Gasteiger partial charge is 0.478 e. The van der Waals surface area contributed by atoms with Crippen molar-refractivity contribution in [1.82, 2.24) is 0 Å². The molecule has 2 unspecified atom stereocenters. The summed E-state index contributed by atoms with van der Waals surface area (Å²) in [6.07, 6.45) is 3.12. The first kappa shape index (κ1) is 13.2. The van der Waals surface area contributed by atoms with Gasteiger partial charge in [0.25, 0.3) is 0 Å². The second kappa shape index (κ2) is 5.59. The Balaban J connectivity index is 2.13. The molecule has 0 spiro atoms. The van der Waals surface area contributed by atoms with E-state index in [1.807, 2.05) is 0 Å². The maximum Gasteiger partial charge on any atom is 0.337 e. The van der Waals surface area contributed by atoms with Crippen LogP contribution in [0.15, 0.2) is 18.2 Å². The highest BCUT2D eigenvalue weighted by Gasteiger charge is 2.25. The number of carboxylic acid groups (broad SMARTS) is 1. The number of hydrogen-bond donors (Lipinski definition) is 2. The lowest BCUT2D eigenvalue weighted by Crippen LogP contribution is -2.19. The van der Waals surface area contributed by atoms with E-state index in [-0.39, 0.29) is 17.7 Å².